The van der Waals surface area contributed by atoms with Gasteiger partial charge in [0.05, 0.1) is 16.3 Å². The van der Waals surface area contributed by atoms with Crippen molar-refractivity contribution in [2.45, 2.75) is 4.90 Å². The highest BCUT2D eigenvalue weighted by molar-refractivity contribution is 7.98. The molecule has 0 aliphatic carbocycles. The Morgan fingerprint density at radius 2 is 1.86 bits per heavy atom. The van der Waals surface area contributed by atoms with Gasteiger partial charge in [-0.15, -0.1) is 11.8 Å². The number of aromatic carboxylic acids is 1. The molecule has 2 aromatic carbocycles. The molecule has 6 heteroatoms. The topological polar surface area (TPSA) is 66.4 Å². The Kier molecular flexibility index (Phi) is 4.88. The smallest absolute Gasteiger partial charge is 0.339 e. The highest BCUT2D eigenvalue weighted by atomic mass is 35.5. The van der Waals surface area contributed by atoms with E-state index in [1.54, 1.807) is 18.2 Å². The molecule has 0 saturated heterocycles. The normalized spacial score (nSPS) is 10.2. The van der Waals surface area contributed by atoms with Crippen LogP contribution in [-0.4, -0.2) is 23.2 Å². The van der Waals surface area contributed by atoms with Gasteiger partial charge in [0, 0.05) is 4.90 Å². The van der Waals surface area contributed by atoms with Gasteiger partial charge >= 0.3 is 5.97 Å². The largest absolute Gasteiger partial charge is 0.478 e. The van der Waals surface area contributed by atoms with Crippen molar-refractivity contribution < 1.29 is 14.7 Å². The molecule has 0 fully saturated rings. The molecule has 0 heterocycles. The van der Waals surface area contributed by atoms with Crippen molar-refractivity contribution in [1.82, 2.24) is 0 Å². The van der Waals surface area contributed by atoms with E-state index in [1.807, 2.05) is 18.4 Å². The number of amides is 1. The lowest BCUT2D eigenvalue weighted by molar-refractivity contribution is 0.0698. The zero-order valence-corrected chi connectivity index (χ0v) is 12.7. The van der Waals surface area contributed by atoms with Crippen molar-refractivity contribution in [2.75, 3.05) is 11.6 Å². The molecule has 4 nitrogen and oxygen atoms in total. The fourth-order valence-electron chi connectivity index (χ4n) is 1.87. The van der Waals surface area contributed by atoms with Crippen molar-refractivity contribution in [3.8, 4) is 0 Å². The molecule has 2 aromatic rings. The predicted octanol–water partition coefficient (Wildman–Crippen LogP) is 4.01. The van der Waals surface area contributed by atoms with Crippen LogP contribution in [0.25, 0.3) is 0 Å². The second-order valence-electron chi connectivity index (χ2n) is 4.12. The minimum Gasteiger partial charge on any atom is -0.478 e. The second kappa shape index (κ2) is 6.65. The lowest BCUT2D eigenvalue weighted by atomic mass is 10.1. The Morgan fingerprint density at radius 3 is 2.52 bits per heavy atom. The summed E-state index contributed by atoms with van der Waals surface area (Å²) < 4.78 is 0. The quantitative estimate of drug-likeness (QED) is 0.835. The van der Waals surface area contributed by atoms with E-state index in [9.17, 15) is 14.7 Å². The number of thioether (sulfide) groups is 1. The maximum atomic E-state index is 12.3. The van der Waals surface area contributed by atoms with Crippen LogP contribution in [0.15, 0.2) is 47.4 Å². The molecule has 0 spiro atoms. The Morgan fingerprint density at radius 1 is 1.14 bits per heavy atom. The number of carboxylic acid groups (broad SMARTS) is 1. The summed E-state index contributed by atoms with van der Waals surface area (Å²) in [6.45, 7) is 0. The average Bonchev–Trinajstić information content (AvgIpc) is 2.46. The third kappa shape index (κ3) is 3.37. The van der Waals surface area contributed by atoms with E-state index in [1.165, 1.54) is 23.9 Å². The number of carboxylic acids is 1. The number of hydrogen-bond acceptors (Lipinski definition) is 3. The third-order valence-corrected chi connectivity index (χ3v) is 3.94. The summed E-state index contributed by atoms with van der Waals surface area (Å²) in [6, 6.07) is 11.7. The van der Waals surface area contributed by atoms with Crippen LogP contribution in [-0.2, 0) is 0 Å². The van der Waals surface area contributed by atoms with Gasteiger partial charge < -0.3 is 10.4 Å². The molecule has 0 atom stereocenters. The number of anilines is 1. The summed E-state index contributed by atoms with van der Waals surface area (Å²) in [5.41, 5.74) is 0.548. The number of carbonyl (C=O) groups is 2. The molecule has 0 aliphatic rings. The number of benzene rings is 2. The van der Waals surface area contributed by atoms with Crippen LogP contribution in [0.5, 0.6) is 0 Å². The third-order valence-electron chi connectivity index (χ3n) is 2.83. The molecule has 21 heavy (non-hydrogen) atoms. The average molecular weight is 322 g/mol. The SMILES string of the molecule is CSc1ccccc1C(=O)Nc1cccc(Cl)c1C(=O)O. The zero-order chi connectivity index (χ0) is 15.4. The molecule has 2 rings (SSSR count). The first-order valence-electron chi connectivity index (χ1n) is 6.00. The van der Waals surface area contributed by atoms with Crippen molar-refractivity contribution in [2.24, 2.45) is 0 Å². The van der Waals surface area contributed by atoms with Gasteiger partial charge in [0.25, 0.3) is 5.91 Å². The molecule has 108 valence electrons. The molecule has 0 saturated carbocycles. The summed E-state index contributed by atoms with van der Waals surface area (Å²) in [7, 11) is 0. The van der Waals surface area contributed by atoms with Gasteiger partial charge in [0.15, 0.2) is 0 Å². The van der Waals surface area contributed by atoms with Crippen molar-refractivity contribution >= 4 is 40.9 Å². The molecule has 0 aromatic heterocycles. The van der Waals surface area contributed by atoms with Gasteiger partial charge in [-0.2, -0.15) is 0 Å². The minimum atomic E-state index is -1.19. The summed E-state index contributed by atoms with van der Waals surface area (Å²) in [4.78, 5) is 24.4. The molecular weight excluding hydrogens is 310 g/mol. The van der Waals surface area contributed by atoms with Crippen LogP contribution >= 0.6 is 23.4 Å². The summed E-state index contributed by atoms with van der Waals surface area (Å²) >= 11 is 7.32. The van der Waals surface area contributed by atoms with Crippen LogP contribution in [0, 0.1) is 0 Å². The van der Waals surface area contributed by atoms with Crippen molar-refractivity contribution in [3.05, 3.63) is 58.6 Å². The van der Waals surface area contributed by atoms with Crippen LogP contribution in [0.3, 0.4) is 0 Å². The monoisotopic (exact) mass is 321 g/mol. The number of hydrogen-bond donors (Lipinski definition) is 2. The molecule has 0 radical (unpaired) electrons. The molecular formula is C15H12ClNO3S. The lowest BCUT2D eigenvalue weighted by Crippen LogP contribution is -2.15. The van der Waals surface area contributed by atoms with Gasteiger partial charge in [-0.05, 0) is 30.5 Å². The van der Waals surface area contributed by atoms with Gasteiger partial charge in [-0.25, -0.2) is 4.79 Å². The van der Waals surface area contributed by atoms with E-state index in [0.717, 1.165) is 4.90 Å². The summed E-state index contributed by atoms with van der Waals surface area (Å²) in [6.07, 6.45) is 1.87. The fourth-order valence-corrected chi connectivity index (χ4v) is 2.72. The van der Waals surface area contributed by atoms with Gasteiger partial charge in [0.1, 0.15) is 5.56 Å². The van der Waals surface area contributed by atoms with Crippen molar-refractivity contribution in [3.63, 3.8) is 0 Å². The fraction of sp³-hybridized carbons (Fsp3) is 0.0667. The summed E-state index contributed by atoms with van der Waals surface area (Å²) in [5, 5.41) is 11.9. The Bertz CT molecular complexity index is 703. The van der Waals surface area contributed by atoms with E-state index >= 15 is 0 Å². The Balaban J connectivity index is 2.37. The maximum absolute atomic E-state index is 12.3. The molecule has 0 unspecified atom stereocenters. The van der Waals surface area contributed by atoms with E-state index in [0.29, 0.717) is 5.56 Å². The zero-order valence-electron chi connectivity index (χ0n) is 11.1. The van der Waals surface area contributed by atoms with Gasteiger partial charge in [0.2, 0.25) is 0 Å². The minimum absolute atomic E-state index is 0.0819. The van der Waals surface area contributed by atoms with Gasteiger partial charge in [-0.1, -0.05) is 29.8 Å². The number of rotatable bonds is 4. The molecule has 0 aliphatic heterocycles. The first-order chi connectivity index (χ1) is 10.0. The van der Waals surface area contributed by atoms with Crippen LogP contribution < -0.4 is 5.32 Å². The van der Waals surface area contributed by atoms with Crippen LogP contribution in [0.1, 0.15) is 20.7 Å². The number of nitrogens with one attached hydrogen (secondary N) is 1. The predicted molar refractivity (Wildman–Crippen MR) is 84.6 cm³/mol. The van der Waals surface area contributed by atoms with Crippen molar-refractivity contribution in [1.29, 1.82) is 0 Å². The van der Waals surface area contributed by atoms with E-state index in [2.05, 4.69) is 5.32 Å². The van der Waals surface area contributed by atoms with E-state index in [-0.39, 0.29) is 22.2 Å². The first-order valence-corrected chi connectivity index (χ1v) is 7.61. The van der Waals surface area contributed by atoms with Crippen LogP contribution in [0.2, 0.25) is 5.02 Å². The molecule has 1 amide bonds. The van der Waals surface area contributed by atoms with Gasteiger partial charge in [-0.3, -0.25) is 4.79 Å². The van der Waals surface area contributed by atoms with E-state index in [4.69, 9.17) is 11.6 Å². The number of halogens is 1. The molecule has 0 bridgehead atoms. The lowest BCUT2D eigenvalue weighted by Gasteiger charge is -2.11. The summed E-state index contributed by atoms with van der Waals surface area (Å²) in [5.74, 6) is -1.56. The maximum Gasteiger partial charge on any atom is 0.339 e. The van der Waals surface area contributed by atoms with E-state index < -0.39 is 5.97 Å². The Labute approximate surface area is 131 Å². The van der Waals surface area contributed by atoms with Crippen LogP contribution in [0.4, 0.5) is 5.69 Å². The second-order valence-corrected chi connectivity index (χ2v) is 5.38. The Hall–Kier alpha value is -1.98. The first kappa shape index (κ1) is 15.4. The highest BCUT2D eigenvalue weighted by Gasteiger charge is 2.17. The molecule has 2 N–H and O–H groups in total. The highest BCUT2D eigenvalue weighted by Crippen LogP contribution is 2.26. The number of carbonyl (C=O) groups excluding carboxylic acids is 1. The standard InChI is InChI=1S/C15H12ClNO3S/c1-21-12-8-3-2-5-9(12)14(18)17-11-7-4-6-10(16)13(11)15(19)20/h2-8H,1H3,(H,17,18)(H,19,20).